The predicted molar refractivity (Wildman–Crippen MR) is 73.2 cm³/mol. The van der Waals surface area contributed by atoms with Gasteiger partial charge in [-0.05, 0) is 24.7 Å². The second-order valence-corrected chi connectivity index (χ2v) is 4.86. The number of allylic oxidation sites excluding steroid dienone is 1. The third-order valence-electron chi connectivity index (χ3n) is 3.43. The molecule has 92 valence electrons. The summed E-state index contributed by atoms with van der Waals surface area (Å²) in [6.45, 7) is 17.0. The maximum atomic E-state index is 3.36. The second kappa shape index (κ2) is 11.8. The van der Waals surface area contributed by atoms with Crippen molar-refractivity contribution in [3.05, 3.63) is 12.7 Å². The molecule has 0 saturated heterocycles. The van der Waals surface area contributed by atoms with E-state index in [1.807, 2.05) is 6.92 Å². The van der Waals surface area contributed by atoms with Crippen LogP contribution in [0.1, 0.15) is 67.2 Å². The van der Waals surface area contributed by atoms with Gasteiger partial charge < -0.3 is 0 Å². The van der Waals surface area contributed by atoms with Crippen LogP contribution in [0.15, 0.2) is 12.7 Å². The molecule has 0 nitrogen and oxygen atoms in total. The first-order valence-corrected chi connectivity index (χ1v) is 6.60. The number of rotatable bonds is 6. The van der Waals surface area contributed by atoms with Crippen LogP contribution in [-0.4, -0.2) is 0 Å². The van der Waals surface area contributed by atoms with E-state index in [-0.39, 0.29) is 0 Å². The van der Waals surface area contributed by atoms with Crippen molar-refractivity contribution in [2.75, 3.05) is 0 Å². The van der Waals surface area contributed by atoms with Gasteiger partial charge in [-0.25, -0.2) is 0 Å². The number of hydrogen-bond donors (Lipinski definition) is 0. The molecule has 0 fully saturated rings. The largest absolute Gasteiger partial charge is 0.103 e. The fourth-order valence-electron chi connectivity index (χ4n) is 1.44. The van der Waals surface area contributed by atoms with Crippen LogP contribution in [0, 0.1) is 17.8 Å². The van der Waals surface area contributed by atoms with E-state index in [9.17, 15) is 0 Å². The molecule has 0 radical (unpaired) electrons. The molecular formula is C15H32. The molecule has 0 aromatic rings. The minimum Gasteiger partial charge on any atom is -0.103 e. The smallest absolute Gasteiger partial charge is 0.0417 e. The van der Waals surface area contributed by atoms with Crippen molar-refractivity contribution in [2.24, 2.45) is 17.8 Å². The maximum Gasteiger partial charge on any atom is -0.0417 e. The second-order valence-electron chi connectivity index (χ2n) is 4.86. The monoisotopic (exact) mass is 212 g/mol. The lowest BCUT2D eigenvalue weighted by molar-refractivity contribution is 0.322. The summed E-state index contributed by atoms with van der Waals surface area (Å²) in [4.78, 5) is 0. The van der Waals surface area contributed by atoms with E-state index in [1.54, 1.807) is 6.08 Å². The normalized spacial score (nSPS) is 15.9. The molecule has 0 aromatic carbocycles. The molecule has 0 amide bonds. The Morgan fingerprint density at radius 1 is 0.933 bits per heavy atom. The minimum absolute atomic E-state index is 0.911. The Morgan fingerprint density at radius 3 is 1.73 bits per heavy atom. The molecule has 0 heterocycles. The molecule has 0 aliphatic carbocycles. The molecule has 3 unspecified atom stereocenters. The third-order valence-corrected chi connectivity index (χ3v) is 3.43. The van der Waals surface area contributed by atoms with Gasteiger partial charge in [0, 0.05) is 0 Å². The molecule has 15 heavy (non-hydrogen) atoms. The Balaban J connectivity index is 0. The molecular weight excluding hydrogens is 180 g/mol. The Morgan fingerprint density at radius 2 is 1.40 bits per heavy atom. The average Bonchev–Trinajstić information content (AvgIpc) is 2.25. The Hall–Kier alpha value is -0.260. The van der Waals surface area contributed by atoms with Crippen LogP contribution in [0.5, 0.6) is 0 Å². The van der Waals surface area contributed by atoms with Gasteiger partial charge in [0.1, 0.15) is 0 Å². The summed E-state index contributed by atoms with van der Waals surface area (Å²) < 4.78 is 0. The highest BCUT2D eigenvalue weighted by Crippen LogP contribution is 2.22. The van der Waals surface area contributed by atoms with Crippen molar-refractivity contribution in [3.63, 3.8) is 0 Å². The molecule has 0 spiro atoms. The summed E-state index contributed by atoms with van der Waals surface area (Å²) in [6, 6.07) is 0. The van der Waals surface area contributed by atoms with Crippen molar-refractivity contribution < 1.29 is 0 Å². The highest BCUT2D eigenvalue weighted by atomic mass is 14.2. The van der Waals surface area contributed by atoms with Crippen LogP contribution in [0.25, 0.3) is 0 Å². The zero-order chi connectivity index (χ0) is 12.3. The predicted octanol–water partition coefficient (Wildman–Crippen LogP) is 5.69. The van der Waals surface area contributed by atoms with Crippen molar-refractivity contribution in [1.29, 1.82) is 0 Å². The van der Waals surface area contributed by atoms with Gasteiger partial charge in [-0.2, -0.15) is 0 Å². The minimum atomic E-state index is 0.911. The summed E-state index contributed by atoms with van der Waals surface area (Å²) in [7, 11) is 0. The van der Waals surface area contributed by atoms with Gasteiger partial charge in [0.05, 0.1) is 0 Å². The maximum absolute atomic E-state index is 3.36. The lowest BCUT2D eigenvalue weighted by atomic mass is 9.87. The Bertz CT molecular complexity index is 126. The summed E-state index contributed by atoms with van der Waals surface area (Å²) in [5, 5.41) is 0. The summed E-state index contributed by atoms with van der Waals surface area (Å²) in [5.41, 5.74) is 0. The van der Waals surface area contributed by atoms with E-state index in [4.69, 9.17) is 0 Å². The summed E-state index contributed by atoms with van der Waals surface area (Å²) >= 11 is 0. The fraction of sp³-hybridized carbons (Fsp3) is 0.867. The lowest BCUT2D eigenvalue weighted by Crippen LogP contribution is -2.08. The van der Waals surface area contributed by atoms with Crippen LogP contribution in [0.4, 0.5) is 0 Å². The Kier molecular flexibility index (Phi) is 13.5. The standard InChI is InChI=1S/C12H26.C3H6/c1-6-10(3)8-9-12(5)11(4)7-2;1-3-2/h10-12H,6-9H2,1-5H3;3H,1H2,2H3. The fourth-order valence-corrected chi connectivity index (χ4v) is 1.44. The van der Waals surface area contributed by atoms with E-state index < -0.39 is 0 Å². The molecule has 0 saturated carbocycles. The van der Waals surface area contributed by atoms with Gasteiger partial charge >= 0.3 is 0 Å². The molecule has 0 bridgehead atoms. The SMILES string of the molecule is C=CC.CCC(C)CCC(C)C(C)CC. The molecule has 0 aromatic heterocycles. The van der Waals surface area contributed by atoms with E-state index in [1.165, 1.54) is 25.7 Å². The summed E-state index contributed by atoms with van der Waals surface area (Å²) in [6.07, 6.45) is 7.26. The molecule has 3 atom stereocenters. The molecule has 0 N–H and O–H groups in total. The zero-order valence-electron chi connectivity index (χ0n) is 11.8. The van der Waals surface area contributed by atoms with Crippen molar-refractivity contribution in [3.8, 4) is 0 Å². The Labute approximate surface area is 98.2 Å². The van der Waals surface area contributed by atoms with Crippen LogP contribution in [-0.2, 0) is 0 Å². The number of hydrogen-bond acceptors (Lipinski definition) is 0. The van der Waals surface area contributed by atoms with E-state index >= 15 is 0 Å². The van der Waals surface area contributed by atoms with E-state index in [2.05, 4.69) is 41.2 Å². The van der Waals surface area contributed by atoms with Gasteiger partial charge in [-0.1, -0.05) is 66.4 Å². The lowest BCUT2D eigenvalue weighted by Gasteiger charge is -2.19. The molecule has 0 rings (SSSR count). The van der Waals surface area contributed by atoms with Crippen LogP contribution < -0.4 is 0 Å². The van der Waals surface area contributed by atoms with Crippen molar-refractivity contribution in [2.45, 2.75) is 67.2 Å². The third kappa shape index (κ3) is 11.7. The zero-order valence-corrected chi connectivity index (χ0v) is 11.8. The first-order valence-electron chi connectivity index (χ1n) is 6.60. The molecule has 0 heteroatoms. The van der Waals surface area contributed by atoms with E-state index in [0.717, 1.165) is 17.8 Å². The van der Waals surface area contributed by atoms with Crippen LogP contribution in [0.3, 0.4) is 0 Å². The highest BCUT2D eigenvalue weighted by molar-refractivity contribution is 4.62. The van der Waals surface area contributed by atoms with Gasteiger partial charge in [-0.3, -0.25) is 0 Å². The first-order chi connectivity index (χ1) is 7.03. The van der Waals surface area contributed by atoms with Crippen LogP contribution >= 0.6 is 0 Å². The van der Waals surface area contributed by atoms with Gasteiger partial charge in [-0.15, -0.1) is 6.58 Å². The first kappa shape index (κ1) is 17.1. The van der Waals surface area contributed by atoms with Crippen molar-refractivity contribution in [1.82, 2.24) is 0 Å². The van der Waals surface area contributed by atoms with Gasteiger partial charge in [0.2, 0.25) is 0 Å². The van der Waals surface area contributed by atoms with Crippen molar-refractivity contribution >= 4 is 0 Å². The summed E-state index contributed by atoms with van der Waals surface area (Å²) in [5.74, 6) is 2.76. The highest BCUT2D eigenvalue weighted by Gasteiger charge is 2.10. The molecule has 0 aliphatic rings. The van der Waals surface area contributed by atoms with Gasteiger partial charge in [0.25, 0.3) is 0 Å². The average molecular weight is 212 g/mol. The van der Waals surface area contributed by atoms with Crippen LogP contribution in [0.2, 0.25) is 0 Å². The van der Waals surface area contributed by atoms with Gasteiger partial charge in [0.15, 0.2) is 0 Å². The molecule has 0 aliphatic heterocycles. The quantitative estimate of drug-likeness (QED) is 0.496. The van der Waals surface area contributed by atoms with E-state index in [0.29, 0.717) is 0 Å². The topological polar surface area (TPSA) is 0 Å².